The maximum atomic E-state index is 11.6. The molecule has 1 unspecified atom stereocenters. The van der Waals surface area contributed by atoms with Gasteiger partial charge in [-0.25, -0.2) is 0 Å². The van der Waals surface area contributed by atoms with E-state index in [1.54, 1.807) is 32.4 Å². The molecule has 0 spiro atoms. The standard InChI is InChI=1S/C14H21NO5/c1-5-15-13(14(16)19-4)9-20-12-7-10(17-2)6-11(8-12)18-3/h6-8,13,15H,5,9H2,1-4H3. The van der Waals surface area contributed by atoms with Crippen molar-refractivity contribution in [3.8, 4) is 17.2 Å². The largest absolute Gasteiger partial charge is 0.496 e. The zero-order valence-electron chi connectivity index (χ0n) is 12.3. The molecule has 0 amide bonds. The van der Waals surface area contributed by atoms with E-state index in [0.717, 1.165) is 0 Å². The maximum absolute atomic E-state index is 11.6. The molecule has 1 aromatic rings. The highest BCUT2D eigenvalue weighted by Gasteiger charge is 2.18. The van der Waals surface area contributed by atoms with E-state index in [0.29, 0.717) is 23.8 Å². The van der Waals surface area contributed by atoms with Gasteiger partial charge in [0.2, 0.25) is 0 Å². The van der Waals surface area contributed by atoms with Crippen molar-refractivity contribution in [2.24, 2.45) is 0 Å². The number of benzene rings is 1. The van der Waals surface area contributed by atoms with E-state index < -0.39 is 6.04 Å². The molecule has 0 bridgehead atoms. The summed E-state index contributed by atoms with van der Waals surface area (Å²) in [7, 11) is 4.48. The Balaban J connectivity index is 2.73. The number of hydrogen-bond acceptors (Lipinski definition) is 6. The van der Waals surface area contributed by atoms with Gasteiger partial charge in [0.25, 0.3) is 0 Å². The van der Waals surface area contributed by atoms with Gasteiger partial charge in [0.1, 0.15) is 29.9 Å². The van der Waals surface area contributed by atoms with Gasteiger partial charge in [-0.3, -0.25) is 4.79 Å². The van der Waals surface area contributed by atoms with Crippen molar-refractivity contribution in [3.05, 3.63) is 18.2 Å². The average Bonchev–Trinajstić information content (AvgIpc) is 2.50. The molecule has 112 valence electrons. The van der Waals surface area contributed by atoms with Crippen LogP contribution in [-0.4, -0.2) is 46.5 Å². The van der Waals surface area contributed by atoms with Crippen molar-refractivity contribution in [2.75, 3.05) is 34.5 Å². The normalized spacial score (nSPS) is 11.6. The number of ether oxygens (including phenoxy) is 4. The molecular weight excluding hydrogens is 262 g/mol. The number of methoxy groups -OCH3 is 3. The van der Waals surface area contributed by atoms with Crippen LogP contribution in [0.4, 0.5) is 0 Å². The predicted molar refractivity (Wildman–Crippen MR) is 74.5 cm³/mol. The van der Waals surface area contributed by atoms with Gasteiger partial charge in [0.05, 0.1) is 21.3 Å². The third kappa shape index (κ3) is 4.62. The topological polar surface area (TPSA) is 66.0 Å². The van der Waals surface area contributed by atoms with Gasteiger partial charge in [0.15, 0.2) is 0 Å². The lowest BCUT2D eigenvalue weighted by atomic mass is 10.3. The maximum Gasteiger partial charge on any atom is 0.326 e. The van der Waals surface area contributed by atoms with E-state index >= 15 is 0 Å². The average molecular weight is 283 g/mol. The summed E-state index contributed by atoms with van der Waals surface area (Å²) in [5.41, 5.74) is 0. The predicted octanol–water partition coefficient (Wildman–Crippen LogP) is 1.23. The molecule has 0 fully saturated rings. The Bertz CT molecular complexity index is 413. The van der Waals surface area contributed by atoms with Crippen LogP contribution in [-0.2, 0) is 9.53 Å². The molecule has 0 saturated heterocycles. The van der Waals surface area contributed by atoms with E-state index in [4.69, 9.17) is 18.9 Å². The fourth-order valence-electron chi connectivity index (χ4n) is 1.64. The fourth-order valence-corrected chi connectivity index (χ4v) is 1.64. The highest BCUT2D eigenvalue weighted by molar-refractivity contribution is 5.75. The first kappa shape index (κ1) is 16.1. The van der Waals surface area contributed by atoms with Gasteiger partial charge in [-0.1, -0.05) is 6.92 Å². The fraction of sp³-hybridized carbons (Fsp3) is 0.500. The molecule has 0 radical (unpaired) electrons. The minimum absolute atomic E-state index is 0.164. The molecule has 0 aliphatic heterocycles. The zero-order chi connectivity index (χ0) is 15.0. The van der Waals surface area contributed by atoms with E-state index in [1.165, 1.54) is 7.11 Å². The Labute approximate surface area is 119 Å². The zero-order valence-corrected chi connectivity index (χ0v) is 12.3. The van der Waals surface area contributed by atoms with Gasteiger partial charge in [-0.15, -0.1) is 0 Å². The van der Waals surface area contributed by atoms with Crippen molar-refractivity contribution in [2.45, 2.75) is 13.0 Å². The summed E-state index contributed by atoms with van der Waals surface area (Å²) in [6.45, 7) is 2.71. The molecule has 0 heterocycles. The third-order valence-corrected chi connectivity index (χ3v) is 2.68. The summed E-state index contributed by atoms with van der Waals surface area (Å²) >= 11 is 0. The van der Waals surface area contributed by atoms with Crippen LogP contribution in [0.15, 0.2) is 18.2 Å². The van der Waals surface area contributed by atoms with Crippen LogP contribution in [0.2, 0.25) is 0 Å². The van der Waals surface area contributed by atoms with Crippen molar-refractivity contribution >= 4 is 5.97 Å². The van der Waals surface area contributed by atoms with Crippen LogP contribution in [0.5, 0.6) is 17.2 Å². The van der Waals surface area contributed by atoms with E-state index in [-0.39, 0.29) is 12.6 Å². The van der Waals surface area contributed by atoms with Crippen LogP contribution in [0, 0.1) is 0 Å². The van der Waals surface area contributed by atoms with Gasteiger partial charge < -0.3 is 24.3 Å². The monoisotopic (exact) mass is 283 g/mol. The van der Waals surface area contributed by atoms with Crippen molar-refractivity contribution in [1.29, 1.82) is 0 Å². The Morgan fingerprint density at radius 2 is 1.65 bits per heavy atom. The first-order chi connectivity index (χ1) is 9.64. The minimum Gasteiger partial charge on any atom is -0.496 e. The summed E-state index contributed by atoms with van der Waals surface area (Å²) in [6.07, 6.45) is 0. The number of carbonyl (C=O) groups excluding carboxylic acids is 1. The van der Waals surface area contributed by atoms with Gasteiger partial charge in [-0.05, 0) is 6.54 Å². The molecular formula is C14H21NO5. The van der Waals surface area contributed by atoms with E-state index in [1.807, 2.05) is 6.92 Å². The van der Waals surface area contributed by atoms with Gasteiger partial charge in [0, 0.05) is 18.2 Å². The summed E-state index contributed by atoms with van der Waals surface area (Å²) in [5.74, 6) is 1.45. The van der Waals surface area contributed by atoms with Crippen LogP contribution in [0.25, 0.3) is 0 Å². The number of esters is 1. The summed E-state index contributed by atoms with van der Waals surface area (Å²) in [5, 5.41) is 3.00. The SMILES string of the molecule is CCNC(COc1cc(OC)cc(OC)c1)C(=O)OC. The van der Waals surface area contributed by atoms with Crippen molar-refractivity contribution in [1.82, 2.24) is 5.32 Å². The molecule has 6 heteroatoms. The second kappa shape index (κ2) is 8.27. The first-order valence-corrected chi connectivity index (χ1v) is 6.31. The third-order valence-electron chi connectivity index (χ3n) is 2.68. The second-order valence-electron chi connectivity index (χ2n) is 3.99. The lowest BCUT2D eigenvalue weighted by Crippen LogP contribution is -2.42. The Morgan fingerprint density at radius 3 is 2.10 bits per heavy atom. The van der Waals surface area contributed by atoms with Gasteiger partial charge in [-0.2, -0.15) is 0 Å². The quantitative estimate of drug-likeness (QED) is 0.724. The lowest BCUT2D eigenvalue weighted by Gasteiger charge is -2.17. The molecule has 0 aliphatic rings. The Morgan fingerprint density at radius 1 is 1.10 bits per heavy atom. The van der Waals surface area contributed by atoms with Crippen molar-refractivity contribution < 1.29 is 23.7 Å². The molecule has 0 aromatic heterocycles. The summed E-state index contributed by atoms with van der Waals surface area (Å²) in [4.78, 5) is 11.6. The number of carbonyl (C=O) groups is 1. The van der Waals surface area contributed by atoms with Crippen molar-refractivity contribution in [3.63, 3.8) is 0 Å². The smallest absolute Gasteiger partial charge is 0.326 e. The highest BCUT2D eigenvalue weighted by Crippen LogP contribution is 2.27. The molecule has 1 aromatic carbocycles. The van der Waals surface area contributed by atoms with Crippen LogP contribution < -0.4 is 19.5 Å². The molecule has 0 saturated carbocycles. The summed E-state index contributed by atoms with van der Waals surface area (Å²) in [6, 6.07) is 4.68. The van der Waals surface area contributed by atoms with Crippen LogP contribution in [0.1, 0.15) is 6.92 Å². The second-order valence-corrected chi connectivity index (χ2v) is 3.99. The molecule has 1 rings (SSSR count). The number of hydrogen-bond donors (Lipinski definition) is 1. The van der Waals surface area contributed by atoms with Crippen LogP contribution >= 0.6 is 0 Å². The van der Waals surface area contributed by atoms with E-state index in [2.05, 4.69) is 5.32 Å². The van der Waals surface area contributed by atoms with E-state index in [9.17, 15) is 4.79 Å². The molecule has 0 aliphatic carbocycles. The number of nitrogens with one attached hydrogen (secondary N) is 1. The molecule has 1 N–H and O–H groups in total. The Hall–Kier alpha value is -1.95. The Kier molecular flexibility index (Phi) is 6.66. The number of rotatable bonds is 8. The molecule has 6 nitrogen and oxygen atoms in total. The summed E-state index contributed by atoms with van der Waals surface area (Å²) < 4.78 is 20.6. The first-order valence-electron chi connectivity index (χ1n) is 6.31. The minimum atomic E-state index is -0.512. The highest BCUT2D eigenvalue weighted by atomic mass is 16.5. The lowest BCUT2D eigenvalue weighted by molar-refractivity contribution is -0.143. The molecule has 20 heavy (non-hydrogen) atoms. The number of likely N-dealkylation sites (N-methyl/N-ethyl adjacent to an activating group) is 1. The van der Waals surface area contributed by atoms with Gasteiger partial charge >= 0.3 is 5.97 Å². The molecule has 1 atom stereocenters. The van der Waals surface area contributed by atoms with Crippen LogP contribution in [0.3, 0.4) is 0 Å².